The second kappa shape index (κ2) is 6.03. The second-order valence-corrected chi connectivity index (χ2v) is 5.79. The molecule has 26 heavy (non-hydrogen) atoms. The molecular weight excluding hydrogens is 334 g/mol. The molecule has 130 valence electrons. The largest absolute Gasteiger partial charge is 0.497 e. The third-order valence-electron chi connectivity index (χ3n) is 4.24. The quantitative estimate of drug-likeness (QED) is 0.516. The number of H-pyrrole nitrogens is 1. The van der Waals surface area contributed by atoms with Gasteiger partial charge in [-0.25, -0.2) is 0 Å². The van der Waals surface area contributed by atoms with Gasteiger partial charge >= 0.3 is 5.91 Å². The van der Waals surface area contributed by atoms with Gasteiger partial charge in [0.25, 0.3) is 0 Å². The second-order valence-electron chi connectivity index (χ2n) is 5.79. The van der Waals surface area contributed by atoms with E-state index in [1.54, 1.807) is 38.3 Å². The number of carbonyl (C=O) groups is 1. The van der Waals surface area contributed by atoms with Crippen molar-refractivity contribution < 1.29 is 19.1 Å². The number of aromatic nitrogens is 1. The normalized spacial score (nSPS) is 11.6. The number of amides is 1. The van der Waals surface area contributed by atoms with Crippen molar-refractivity contribution in [2.24, 2.45) is 10.2 Å². The van der Waals surface area contributed by atoms with Crippen molar-refractivity contribution in [1.29, 1.82) is 0 Å². The van der Waals surface area contributed by atoms with E-state index < -0.39 is 5.91 Å². The van der Waals surface area contributed by atoms with Gasteiger partial charge in [-0.2, -0.15) is 0 Å². The van der Waals surface area contributed by atoms with Gasteiger partial charge in [0.1, 0.15) is 11.3 Å². The molecule has 0 aliphatic rings. The maximum absolute atomic E-state index is 12.4. The molecule has 4 aromatic rings. The van der Waals surface area contributed by atoms with Crippen molar-refractivity contribution in [3.63, 3.8) is 0 Å². The highest BCUT2D eigenvalue weighted by Gasteiger charge is 2.18. The molecule has 0 atom stereocenters. The predicted octanol–water partition coefficient (Wildman–Crippen LogP) is 4.86. The van der Waals surface area contributed by atoms with Crippen LogP contribution in [0.3, 0.4) is 0 Å². The van der Waals surface area contributed by atoms with E-state index in [1.807, 2.05) is 18.2 Å². The average molecular weight is 349 g/mol. The van der Waals surface area contributed by atoms with Gasteiger partial charge in [-0.3, -0.25) is 4.79 Å². The monoisotopic (exact) mass is 349 g/mol. The molecule has 4 rings (SSSR count). The minimum Gasteiger partial charge on any atom is -0.497 e. The number of rotatable bonds is 3. The van der Waals surface area contributed by atoms with Gasteiger partial charge < -0.3 is 19.2 Å². The van der Waals surface area contributed by atoms with Crippen LogP contribution >= 0.6 is 0 Å². The lowest BCUT2D eigenvalue weighted by Gasteiger charge is -1.98. The number of fused-ring (bicyclic) bond motifs is 2. The van der Waals surface area contributed by atoms with Crippen LogP contribution in [0.4, 0.5) is 5.69 Å². The minimum atomic E-state index is -0.615. The summed E-state index contributed by atoms with van der Waals surface area (Å²) in [4.78, 5) is 15.2. The van der Waals surface area contributed by atoms with Crippen molar-refractivity contribution in [3.05, 3.63) is 53.8 Å². The first-order valence-electron chi connectivity index (χ1n) is 7.91. The highest BCUT2D eigenvalue weighted by Crippen LogP contribution is 2.37. The number of nitrogens with zero attached hydrogens (tertiary/aromatic N) is 2. The summed E-state index contributed by atoms with van der Waals surface area (Å²) in [5.74, 6) is -0.0549. The van der Waals surface area contributed by atoms with Crippen molar-refractivity contribution >= 4 is 33.5 Å². The summed E-state index contributed by atoms with van der Waals surface area (Å²) in [6.45, 7) is 1.79. The smallest absolute Gasteiger partial charge is 0.331 e. The minimum absolute atomic E-state index is 0.131. The van der Waals surface area contributed by atoms with Crippen LogP contribution in [0, 0.1) is 6.92 Å². The third kappa shape index (κ3) is 2.50. The number of para-hydroxylation sites is 1. The van der Waals surface area contributed by atoms with Crippen LogP contribution < -0.4 is 4.74 Å². The molecule has 0 aliphatic heterocycles. The number of aryl methyl sites for hydroxylation is 1. The topological polar surface area (TPSA) is 100 Å². The standard InChI is InChI=1S/C19H15N3O4/c1-10-12-5-3-4-6-15(12)26-17(10)19(24)22-21-16-13-9-11(25-2)7-8-14(13)20-18(16)23/h3-9,20,23H,1-2H3. The zero-order valence-electron chi connectivity index (χ0n) is 14.1. The third-order valence-corrected chi connectivity index (χ3v) is 4.24. The van der Waals surface area contributed by atoms with E-state index in [-0.39, 0.29) is 17.3 Å². The number of benzene rings is 2. The number of aromatic hydroxyl groups is 1. The molecule has 2 aromatic heterocycles. The van der Waals surface area contributed by atoms with Crippen LogP contribution in [0.2, 0.25) is 0 Å². The lowest BCUT2D eigenvalue weighted by molar-refractivity contribution is 0.0970. The molecule has 0 bridgehead atoms. The molecule has 2 aromatic carbocycles. The van der Waals surface area contributed by atoms with Crippen LogP contribution in [0.1, 0.15) is 16.1 Å². The Morgan fingerprint density at radius 2 is 2.00 bits per heavy atom. The van der Waals surface area contributed by atoms with Crippen LogP contribution in [-0.4, -0.2) is 23.1 Å². The summed E-state index contributed by atoms with van der Waals surface area (Å²) < 4.78 is 10.8. The van der Waals surface area contributed by atoms with Gasteiger partial charge in [-0.05, 0) is 31.2 Å². The van der Waals surface area contributed by atoms with Crippen molar-refractivity contribution in [3.8, 4) is 11.6 Å². The Morgan fingerprint density at radius 1 is 1.19 bits per heavy atom. The number of hydrogen-bond donors (Lipinski definition) is 2. The molecule has 0 radical (unpaired) electrons. The first-order valence-corrected chi connectivity index (χ1v) is 7.91. The molecular formula is C19H15N3O4. The van der Waals surface area contributed by atoms with Crippen LogP contribution in [0.25, 0.3) is 21.9 Å². The number of carbonyl (C=O) groups excluding carboxylic acids is 1. The Labute approximate surface area is 147 Å². The van der Waals surface area contributed by atoms with Gasteiger partial charge in [-0.1, -0.05) is 18.2 Å². The molecule has 1 amide bonds. The van der Waals surface area contributed by atoms with E-state index >= 15 is 0 Å². The lowest BCUT2D eigenvalue weighted by Crippen LogP contribution is -1.93. The van der Waals surface area contributed by atoms with E-state index in [0.29, 0.717) is 27.8 Å². The highest BCUT2D eigenvalue weighted by molar-refractivity contribution is 6.00. The number of methoxy groups -OCH3 is 1. The zero-order chi connectivity index (χ0) is 18.3. The van der Waals surface area contributed by atoms with Gasteiger partial charge in [-0.15, -0.1) is 10.2 Å². The Balaban J connectivity index is 1.73. The molecule has 0 unspecified atom stereocenters. The molecule has 0 fully saturated rings. The number of hydrogen-bond acceptors (Lipinski definition) is 5. The fraction of sp³-hybridized carbons (Fsp3) is 0.105. The molecule has 0 aliphatic carbocycles. The summed E-state index contributed by atoms with van der Waals surface area (Å²) in [6.07, 6.45) is 0. The summed E-state index contributed by atoms with van der Waals surface area (Å²) in [5, 5.41) is 19.2. The SMILES string of the molecule is COc1ccc2[nH]c(O)c(N=NC(=O)c3oc4ccccc4c3C)c2c1. The summed E-state index contributed by atoms with van der Waals surface area (Å²) in [7, 11) is 1.54. The maximum Gasteiger partial charge on any atom is 0.331 e. The predicted molar refractivity (Wildman–Crippen MR) is 96.3 cm³/mol. The number of furan rings is 1. The van der Waals surface area contributed by atoms with Crippen LogP contribution in [-0.2, 0) is 0 Å². The summed E-state index contributed by atoms with van der Waals surface area (Å²) in [6, 6.07) is 12.6. The molecule has 0 spiro atoms. The van der Waals surface area contributed by atoms with E-state index in [4.69, 9.17) is 9.15 Å². The Hall–Kier alpha value is -3.61. The Bertz CT molecular complexity index is 1170. The van der Waals surface area contributed by atoms with E-state index in [2.05, 4.69) is 15.2 Å². The number of nitrogens with one attached hydrogen (secondary N) is 1. The Morgan fingerprint density at radius 3 is 2.77 bits per heavy atom. The molecule has 2 N–H and O–H groups in total. The fourth-order valence-electron chi connectivity index (χ4n) is 2.89. The fourth-order valence-corrected chi connectivity index (χ4v) is 2.89. The molecule has 0 saturated heterocycles. The van der Waals surface area contributed by atoms with E-state index in [1.165, 1.54) is 0 Å². The zero-order valence-corrected chi connectivity index (χ0v) is 14.1. The van der Waals surface area contributed by atoms with E-state index in [0.717, 1.165) is 5.39 Å². The first kappa shape index (κ1) is 15.9. The molecule has 7 heteroatoms. The number of aromatic amines is 1. The molecule has 7 nitrogen and oxygen atoms in total. The average Bonchev–Trinajstić information content (AvgIpc) is 3.16. The van der Waals surface area contributed by atoms with Crippen LogP contribution in [0.15, 0.2) is 57.1 Å². The van der Waals surface area contributed by atoms with Gasteiger partial charge in [0.15, 0.2) is 11.4 Å². The summed E-state index contributed by atoms with van der Waals surface area (Å²) >= 11 is 0. The van der Waals surface area contributed by atoms with Gasteiger partial charge in [0.05, 0.1) is 12.6 Å². The van der Waals surface area contributed by atoms with Crippen molar-refractivity contribution in [1.82, 2.24) is 4.98 Å². The van der Waals surface area contributed by atoms with Crippen molar-refractivity contribution in [2.45, 2.75) is 6.92 Å². The number of ether oxygens (including phenoxy) is 1. The van der Waals surface area contributed by atoms with Crippen LogP contribution in [0.5, 0.6) is 11.6 Å². The lowest BCUT2D eigenvalue weighted by atomic mass is 10.1. The van der Waals surface area contributed by atoms with E-state index in [9.17, 15) is 9.90 Å². The van der Waals surface area contributed by atoms with Gasteiger partial charge in [0.2, 0.25) is 5.88 Å². The first-order chi connectivity index (χ1) is 12.6. The maximum atomic E-state index is 12.4. The van der Waals surface area contributed by atoms with Crippen molar-refractivity contribution in [2.75, 3.05) is 7.11 Å². The Kier molecular flexibility index (Phi) is 3.69. The molecule has 0 saturated carbocycles. The molecule has 2 heterocycles. The summed E-state index contributed by atoms with van der Waals surface area (Å²) in [5.41, 5.74) is 2.14. The highest BCUT2D eigenvalue weighted by atomic mass is 16.5. The van der Waals surface area contributed by atoms with Gasteiger partial charge in [0, 0.05) is 16.3 Å². The number of azo groups is 1.